The van der Waals surface area contributed by atoms with Crippen LogP contribution in [0.15, 0.2) is 42.5 Å². The van der Waals surface area contributed by atoms with Crippen molar-refractivity contribution in [2.75, 3.05) is 0 Å². The normalized spacial score (nSPS) is 10.7. The zero-order valence-corrected chi connectivity index (χ0v) is 9.86. The van der Waals surface area contributed by atoms with Crippen LogP contribution in [0.25, 0.3) is 11.1 Å². The van der Waals surface area contributed by atoms with Crippen LogP contribution in [0.2, 0.25) is 0 Å². The first-order chi connectivity index (χ1) is 8.61. The number of benzene rings is 2. The van der Waals surface area contributed by atoms with Gasteiger partial charge >= 0.3 is 0 Å². The van der Waals surface area contributed by atoms with Crippen LogP contribution < -0.4 is 0 Å². The van der Waals surface area contributed by atoms with Gasteiger partial charge in [0.2, 0.25) is 0 Å². The minimum Gasteiger partial charge on any atom is -0.298 e. The third-order valence-electron chi connectivity index (χ3n) is 2.87. The maximum atomic E-state index is 12.5. The van der Waals surface area contributed by atoms with E-state index >= 15 is 0 Å². The van der Waals surface area contributed by atoms with Crippen LogP contribution in [-0.4, -0.2) is 6.29 Å². The Hall–Kier alpha value is -2.03. The number of hydrogen-bond acceptors (Lipinski definition) is 1. The molecule has 18 heavy (non-hydrogen) atoms. The van der Waals surface area contributed by atoms with Crippen molar-refractivity contribution in [3.63, 3.8) is 0 Å². The van der Waals surface area contributed by atoms with E-state index in [1.165, 1.54) is 12.1 Å². The summed E-state index contributed by atoms with van der Waals surface area (Å²) in [5.41, 5.74) is 3.31. The van der Waals surface area contributed by atoms with Crippen LogP contribution in [0.5, 0.6) is 0 Å². The lowest BCUT2D eigenvalue weighted by Gasteiger charge is -2.08. The van der Waals surface area contributed by atoms with E-state index in [-0.39, 0.29) is 5.56 Å². The van der Waals surface area contributed by atoms with E-state index in [1.54, 1.807) is 24.3 Å². The molecule has 0 aromatic heterocycles. The average molecular weight is 246 g/mol. The molecule has 0 N–H and O–H groups in total. The van der Waals surface area contributed by atoms with Crippen LogP contribution in [0.4, 0.5) is 8.78 Å². The van der Waals surface area contributed by atoms with Crippen molar-refractivity contribution < 1.29 is 13.6 Å². The minimum atomic E-state index is -2.46. The first-order valence-corrected chi connectivity index (χ1v) is 5.56. The number of rotatable bonds is 3. The van der Waals surface area contributed by atoms with E-state index < -0.39 is 6.43 Å². The van der Waals surface area contributed by atoms with Gasteiger partial charge < -0.3 is 0 Å². The summed E-state index contributed by atoms with van der Waals surface area (Å²) >= 11 is 0. The minimum absolute atomic E-state index is 0.00273. The molecule has 2 rings (SSSR count). The molecule has 0 aliphatic rings. The van der Waals surface area contributed by atoms with Crippen LogP contribution in [0.3, 0.4) is 0 Å². The van der Waals surface area contributed by atoms with Gasteiger partial charge in [0, 0.05) is 11.1 Å². The van der Waals surface area contributed by atoms with Crippen LogP contribution in [0, 0.1) is 6.92 Å². The number of aryl methyl sites for hydroxylation is 1. The highest BCUT2D eigenvalue weighted by atomic mass is 19.3. The lowest BCUT2D eigenvalue weighted by atomic mass is 9.97. The molecule has 1 nitrogen and oxygen atoms in total. The monoisotopic (exact) mass is 246 g/mol. The number of aldehydes is 1. The predicted molar refractivity (Wildman–Crippen MR) is 67.0 cm³/mol. The molecule has 0 heterocycles. The zero-order valence-electron chi connectivity index (χ0n) is 9.86. The van der Waals surface area contributed by atoms with Gasteiger partial charge in [0.05, 0.1) is 0 Å². The molecule has 0 fully saturated rings. The molecular formula is C15H12F2O. The molecule has 0 bridgehead atoms. The molecule has 0 saturated heterocycles. The standard InChI is InChI=1S/C15H12F2O/c1-10-2-3-11(9-18)8-14(10)12-4-6-13(7-5-12)15(16)17/h2-9,15H,1H3. The summed E-state index contributed by atoms with van der Waals surface area (Å²) in [5, 5.41) is 0. The predicted octanol–water partition coefficient (Wildman–Crippen LogP) is 4.41. The van der Waals surface area contributed by atoms with Crippen molar-refractivity contribution in [2.24, 2.45) is 0 Å². The number of halogens is 2. The van der Waals surface area contributed by atoms with Crippen molar-refractivity contribution in [3.8, 4) is 11.1 Å². The van der Waals surface area contributed by atoms with Gasteiger partial charge in [-0.2, -0.15) is 0 Å². The van der Waals surface area contributed by atoms with Crippen LogP contribution in [-0.2, 0) is 0 Å². The summed E-state index contributed by atoms with van der Waals surface area (Å²) in [5.74, 6) is 0. The number of alkyl halides is 2. The molecule has 0 unspecified atom stereocenters. The van der Waals surface area contributed by atoms with E-state index in [0.717, 1.165) is 23.0 Å². The van der Waals surface area contributed by atoms with Gasteiger partial charge in [-0.15, -0.1) is 0 Å². The van der Waals surface area contributed by atoms with Crippen LogP contribution >= 0.6 is 0 Å². The van der Waals surface area contributed by atoms with Crippen molar-refractivity contribution in [1.29, 1.82) is 0 Å². The van der Waals surface area contributed by atoms with E-state index in [2.05, 4.69) is 0 Å². The molecule has 2 aromatic carbocycles. The first-order valence-electron chi connectivity index (χ1n) is 5.56. The fourth-order valence-electron chi connectivity index (χ4n) is 1.83. The van der Waals surface area contributed by atoms with Crippen LogP contribution in [0.1, 0.15) is 27.9 Å². The highest BCUT2D eigenvalue weighted by Crippen LogP contribution is 2.27. The third kappa shape index (κ3) is 2.45. The Bertz CT molecular complexity index is 559. The Morgan fingerprint density at radius 2 is 1.72 bits per heavy atom. The van der Waals surface area contributed by atoms with Gasteiger partial charge in [-0.25, -0.2) is 8.78 Å². The maximum absolute atomic E-state index is 12.5. The SMILES string of the molecule is Cc1ccc(C=O)cc1-c1ccc(C(F)F)cc1. The summed E-state index contributed by atoms with van der Waals surface area (Å²) in [6.07, 6.45) is -1.68. The molecule has 0 aliphatic carbocycles. The number of carbonyl (C=O) groups is 1. The second-order valence-corrected chi connectivity index (χ2v) is 4.11. The second kappa shape index (κ2) is 5.08. The van der Waals surface area contributed by atoms with Crippen molar-refractivity contribution in [2.45, 2.75) is 13.3 Å². The Labute approximate surface area is 104 Å². The molecule has 0 atom stereocenters. The Morgan fingerprint density at radius 1 is 1.06 bits per heavy atom. The van der Waals surface area contributed by atoms with Crippen molar-refractivity contribution >= 4 is 6.29 Å². The summed E-state index contributed by atoms with van der Waals surface area (Å²) in [6.45, 7) is 1.92. The van der Waals surface area contributed by atoms with Crippen molar-refractivity contribution in [3.05, 3.63) is 59.2 Å². The fraction of sp³-hybridized carbons (Fsp3) is 0.133. The quantitative estimate of drug-likeness (QED) is 0.733. The topological polar surface area (TPSA) is 17.1 Å². The van der Waals surface area contributed by atoms with Gasteiger partial charge in [-0.1, -0.05) is 36.4 Å². The summed E-state index contributed by atoms with van der Waals surface area (Å²) in [7, 11) is 0. The van der Waals surface area contributed by atoms with E-state index in [9.17, 15) is 13.6 Å². The molecule has 3 heteroatoms. The lowest BCUT2D eigenvalue weighted by Crippen LogP contribution is -1.89. The summed E-state index contributed by atoms with van der Waals surface area (Å²) < 4.78 is 24.9. The molecule has 0 aliphatic heterocycles. The van der Waals surface area contributed by atoms with Gasteiger partial charge in [-0.05, 0) is 29.7 Å². The molecule has 0 amide bonds. The average Bonchev–Trinajstić information content (AvgIpc) is 2.39. The molecule has 92 valence electrons. The first kappa shape index (κ1) is 12.4. The van der Waals surface area contributed by atoms with E-state index in [0.29, 0.717) is 5.56 Å². The van der Waals surface area contributed by atoms with E-state index in [4.69, 9.17) is 0 Å². The number of carbonyl (C=O) groups excluding carboxylic acids is 1. The fourth-order valence-corrected chi connectivity index (χ4v) is 1.83. The lowest BCUT2D eigenvalue weighted by molar-refractivity contribution is 0.112. The molecule has 2 aromatic rings. The highest BCUT2D eigenvalue weighted by Gasteiger charge is 2.08. The zero-order chi connectivity index (χ0) is 13.1. The van der Waals surface area contributed by atoms with Gasteiger partial charge in [0.15, 0.2) is 0 Å². The second-order valence-electron chi connectivity index (χ2n) is 4.11. The molecular weight excluding hydrogens is 234 g/mol. The van der Waals surface area contributed by atoms with Gasteiger partial charge in [0.1, 0.15) is 6.29 Å². The third-order valence-corrected chi connectivity index (χ3v) is 2.87. The maximum Gasteiger partial charge on any atom is 0.263 e. The Morgan fingerprint density at radius 3 is 2.28 bits per heavy atom. The summed E-state index contributed by atoms with van der Waals surface area (Å²) in [6, 6.07) is 11.5. The Kier molecular flexibility index (Phi) is 3.51. The largest absolute Gasteiger partial charge is 0.298 e. The van der Waals surface area contributed by atoms with Gasteiger partial charge in [-0.3, -0.25) is 4.79 Å². The summed E-state index contributed by atoms with van der Waals surface area (Å²) in [4.78, 5) is 10.7. The highest BCUT2D eigenvalue weighted by molar-refractivity contribution is 5.80. The molecule has 0 radical (unpaired) electrons. The molecule has 0 spiro atoms. The number of hydrogen-bond donors (Lipinski definition) is 0. The molecule has 0 saturated carbocycles. The smallest absolute Gasteiger partial charge is 0.263 e. The Balaban J connectivity index is 2.44. The van der Waals surface area contributed by atoms with E-state index in [1.807, 2.05) is 13.0 Å². The van der Waals surface area contributed by atoms with Gasteiger partial charge in [0.25, 0.3) is 6.43 Å². The van der Waals surface area contributed by atoms with Crippen molar-refractivity contribution in [1.82, 2.24) is 0 Å².